The second-order valence-electron chi connectivity index (χ2n) is 8.80. The molecule has 2 heterocycles. The normalized spacial score (nSPS) is 19.0. The molecule has 1 aliphatic carbocycles. The molecule has 32 heavy (non-hydrogen) atoms. The Kier molecular flexibility index (Phi) is 5.33. The second kappa shape index (κ2) is 8.16. The molecule has 3 aromatic rings. The van der Waals surface area contributed by atoms with E-state index in [-0.39, 0.29) is 5.91 Å². The molecule has 2 aromatic carbocycles. The van der Waals surface area contributed by atoms with E-state index in [0.717, 1.165) is 22.4 Å². The van der Waals surface area contributed by atoms with Crippen LogP contribution in [0, 0.1) is 0 Å². The van der Waals surface area contributed by atoms with E-state index in [9.17, 15) is 15.0 Å². The van der Waals surface area contributed by atoms with Gasteiger partial charge >= 0.3 is 0 Å². The SMILES string of the molecule is Cn1nccc1-c1ccc(-c2ccc(C(=O)N3CCN(C(O)C4(O)CC4)CC3)cc2)cc1. The van der Waals surface area contributed by atoms with Crippen molar-refractivity contribution >= 4 is 5.91 Å². The molecule has 1 amide bonds. The van der Waals surface area contributed by atoms with Crippen LogP contribution in [0.25, 0.3) is 22.4 Å². The predicted molar refractivity (Wildman–Crippen MR) is 122 cm³/mol. The molecule has 0 spiro atoms. The van der Waals surface area contributed by atoms with Crippen molar-refractivity contribution < 1.29 is 15.0 Å². The number of nitrogens with zero attached hydrogens (tertiary/aromatic N) is 4. The number of hydrogen-bond acceptors (Lipinski definition) is 5. The highest BCUT2D eigenvalue weighted by Gasteiger charge is 2.50. The quantitative estimate of drug-likeness (QED) is 0.647. The summed E-state index contributed by atoms with van der Waals surface area (Å²) in [6.45, 7) is 2.22. The summed E-state index contributed by atoms with van der Waals surface area (Å²) < 4.78 is 1.85. The van der Waals surface area contributed by atoms with Crippen molar-refractivity contribution in [3.8, 4) is 22.4 Å². The Labute approximate surface area is 187 Å². The molecule has 1 atom stereocenters. The van der Waals surface area contributed by atoms with Gasteiger partial charge in [0.2, 0.25) is 0 Å². The molecule has 166 valence electrons. The second-order valence-corrected chi connectivity index (χ2v) is 8.80. The number of benzene rings is 2. The maximum atomic E-state index is 12.9. The molecular formula is C25H28N4O3. The van der Waals surface area contributed by atoms with Gasteiger partial charge in [-0.15, -0.1) is 0 Å². The van der Waals surface area contributed by atoms with Crippen LogP contribution in [0.1, 0.15) is 23.2 Å². The van der Waals surface area contributed by atoms with Gasteiger partial charge in [-0.25, -0.2) is 0 Å². The number of carbonyl (C=O) groups excluding carboxylic acids is 1. The maximum Gasteiger partial charge on any atom is 0.253 e. The van der Waals surface area contributed by atoms with Crippen molar-refractivity contribution in [1.29, 1.82) is 0 Å². The molecule has 1 aromatic heterocycles. The van der Waals surface area contributed by atoms with Crippen molar-refractivity contribution in [2.24, 2.45) is 7.05 Å². The Morgan fingerprint density at radius 2 is 1.47 bits per heavy atom. The molecule has 1 saturated heterocycles. The van der Waals surface area contributed by atoms with E-state index in [2.05, 4.69) is 29.4 Å². The fraction of sp³-hybridized carbons (Fsp3) is 0.360. The first-order chi connectivity index (χ1) is 15.4. The van der Waals surface area contributed by atoms with Crippen molar-refractivity contribution in [1.82, 2.24) is 19.6 Å². The molecule has 7 heteroatoms. The topological polar surface area (TPSA) is 81.8 Å². The summed E-state index contributed by atoms with van der Waals surface area (Å²) in [7, 11) is 1.93. The van der Waals surface area contributed by atoms with Crippen LogP contribution in [0.3, 0.4) is 0 Å². The van der Waals surface area contributed by atoms with Crippen molar-refractivity contribution in [2.75, 3.05) is 26.2 Å². The van der Waals surface area contributed by atoms with Gasteiger partial charge in [0.1, 0.15) is 11.8 Å². The van der Waals surface area contributed by atoms with E-state index >= 15 is 0 Å². The first-order valence-corrected chi connectivity index (χ1v) is 11.1. The van der Waals surface area contributed by atoms with Crippen LogP contribution in [0.4, 0.5) is 0 Å². The summed E-state index contributed by atoms with van der Waals surface area (Å²) >= 11 is 0. The third-order valence-electron chi connectivity index (χ3n) is 6.66. The smallest absolute Gasteiger partial charge is 0.253 e. The first kappa shape index (κ1) is 20.9. The molecule has 7 nitrogen and oxygen atoms in total. The molecule has 2 fully saturated rings. The number of amides is 1. The number of aliphatic hydroxyl groups excluding tert-OH is 1. The minimum Gasteiger partial charge on any atom is -0.386 e. The standard InChI is InChI=1S/C25H28N4O3/c1-27-22(10-13-26-27)20-6-2-18(3-7-20)19-4-8-21(9-5-19)23(30)28-14-16-29(17-15-28)24(31)25(32)11-12-25/h2-10,13,24,31-32H,11-12,14-17H2,1H3. The van der Waals surface area contributed by atoms with Gasteiger partial charge in [-0.05, 0) is 47.7 Å². The lowest BCUT2D eigenvalue weighted by Crippen LogP contribution is -2.55. The van der Waals surface area contributed by atoms with Crippen molar-refractivity contribution in [3.63, 3.8) is 0 Å². The third-order valence-corrected chi connectivity index (χ3v) is 6.66. The zero-order valence-corrected chi connectivity index (χ0v) is 18.2. The molecule has 2 N–H and O–H groups in total. The van der Waals surface area contributed by atoms with Gasteiger partial charge in [0.15, 0.2) is 0 Å². The van der Waals surface area contributed by atoms with Crippen LogP contribution in [0.5, 0.6) is 0 Å². The van der Waals surface area contributed by atoms with E-state index in [1.807, 2.05) is 51.9 Å². The van der Waals surface area contributed by atoms with Crippen molar-refractivity contribution in [3.05, 3.63) is 66.4 Å². The highest BCUT2D eigenvalue weighted by atomic mass is 16.4. The average Bonchev–Trinajstić information content (AvgIpc) is 3.45. The summed E-state index contributed by atoms with van der Waals surface area (Å²) in [6.07, 6.45) is 2.25. The Morgan fingerprint density at radius 3 is 2.00 bits per heavy atom. The zero-order valence-electron chi connectivity index (χ0n) is 18.2. The minimum atomic E-state index is -0.946. The lowest BCUT2D eigenvalue weighted by molar-refractivity contribution is -0.108. The van der Waals surface area contributed by atoms with Crippen LogP contribution in [0.2, 0.25) is 0 Å². The largest absolute Gasteiger partial charge is 0.386 e. The third kappa shape index (κ3) is 3.95. The molecule has 0 bridgehead atoms. The lowest BCUT2D eigenvalue weighted by atomic mass is 10.0. The number of aryl methyl sites for hydroxylation is 1. The summed E-state index contributed by atoms with van der Waals surface area (Å²) in [4.78, 5) is 16.6. The van der Waals surface area contributed by atoms with Gasteiger partial charge < -0.3 is 15.1 Å². The van der Waals surface area contributed by atoms with Crippen LogP contribution < -0.4 is 0 Å². The Morgan fingerprint density at radius 1 is 0.906 bits per heavy atom. The Bertz CT molecular complexity index is 1090. The number of aromatic nitrogens is 2. The van der Waals surface area contributed by atoms with Crippen LogP contribution >= 0.6 is 0 Å². The number of carbonyl (C=O) groups is 1. The monoisotopic (exact) mass is 432 g/mol. The van der Waals surface area contributed by atoms with E-state index < -0.39 is 11.8 Å². The molecule has 0 radical (unpaired) electrons. The minimum absolute atomic E-state index is 0.00220. The highest BCUT2D eigenvalue weighted by molar-refractivity contribution is 5.94. The molecule has 1 saturated carbocycles. The number of piperazine rings is 1. The first-order valence-electron chi connectivity index (χ1n) is 11.1. The number of rotatable bonds is 5. The van der Waals surface area contributed by atoms with Gasteiger partial charge in [-0.3, -0.25) is 14.4 Å². The molecule has 1 aliphatic heterocycles. The van der Waals surface area contributed by atoms with Gasteiger partial charge in [-0.2, -0.15) is 5.10 Å². The predicted octanol–water partition coefficient (Wildman–Crippen LogP) is 2.36. The van der Waals surface area contributed by atoms with Crippen LogP contribution in [0.15, 0.2) is 60.8 Å². The van der Waals surface area contributed by atoms with Crippen LogP contribution in [-0.2, 0) is 7.05 Å². The number of hydrogen-bond donors (Lipinski definition) is 2. The summed E-state index contributed by atoms with van der Waals surface area (Å²) in [5.74, 6) is 0.00220. The molecule has 2 aliphatic rings. The zero-order chi connectivity index (χ0) is 22.3. The Hall–Kier alpha value is -3.00. The van der Waals surface area contributed by atoms with Crippen molar-refractivity contribution in [2.45, 2.75) is 24.7 Å². The van der Waals surface area contributed by atoms with E-state index in [0.29, 0.717) is 44.6 Å². The summed E-state index contributed by atoms with van der Waals surface area (Å²) in [5, 5.41) is 24.6. The average molecular weight is 433 g/mol. The molecule has 1 unspecified atom stereocenters. The van der Waals surface area contributed by atoms with Gasteiger partial charge in [0.25, 0.3) is 5.91 Å². The fourth-order valence-electron chi connectivity index (χ4n) is 4.37. The van der Waals surface area contributed by atoms with E-state index in [1.165, 1.54) is 0 Å². The Balaban J connectivity index is 1.22. The van der Waals surface area contributed by atoms with Crippen LogP contribution in [-0.4, -0.2) is 73.7 Å². The van der Waals surface area contributed by atoms with Gasteiger partial charge in [0, 0.05) is 45.0 Å². The van der Waals surface area contributed by atoms with E-state index in [4.69, 9.17) is 0 Å². The lowest BCUT2D eigenvalue weighted by Gasteiger charge is -2.38. The maximum absolute atomic E-state index is 12.9. The van der Waals surface area contributed by atoms with Gasteiger partial charge in [0.05, 0.1) is 5.69 Å². The highest BCUT2D eigenvalue weighted by Crippen LogP contribution is 2.39. The van der Waals surface area contributed by atoms with Gasteiger partial charge in [-0.1, -0.05) is 36.4 Å². The number of aliphatic hydroxyl groups is 2. The molecule has 5 rings (SSSR count). The van der Waals surface area contributed by atoms with E-state index in [1.54, 1.807) is 6.20 Å². The summed E-state index contributed by atoms with van der Waals surface area (Å²) in [6, 6.07) is 18.0. The fourth-order valence-corrected chi connectivity index (χ4v) is 4.37. The molecular weight excluding hydrogens is 404 g/mol. The summed E-state index contributed by atoms with van der Waals surface area (Å²) in [5.41, 5.74) is 4.04.